The molecule has 0 aliphatic carbocycles. The van der Waals surface area contributed by atoms with Crippen molar-refractivity contribution in [3.63, 3.8) is 0 Å². The number of nitrogen functional groups attached to an aromatic ring is 1. The molecule has 0 aliphatic rings. The summed E-state index contributed by atoms with van der Waals surface area (Å²) >= 11 is 0. The van der Waals surface area contributed by atoms with Gasteiger partial charge in [0, 0.05) is 24.5 Å². The van der Waals surface area contributed by atoms with Gasteiger partial charge in [-0.25, -0.2) is 9.97 Å². The van der Waals surface area contributed by atoms with E-state index in [4.69, 9.17) is 10.2 Å². The van der Waals surface area contributed by atoms with Crippen LogP contribution in [0.25, 0.3) is 11.1 Å². The molecule has 0 saturated heterocycles. The third-order valence-electron chi connectivity index (χ3n) is 2.88. The number of aromatic nitrogens is 3. The van der Waals surface area contributed by atoms with Crippen LogP contribution >= 0.6 is 0 Å². The fourth-order valence-corrected chi connectivity index (χ4v) is 2.00. The number of hydrogen-bond donors (Lipinski definition) is 1. The lowest BCUT2D eigenvalue weighted by atomic mass is 10.3. The minimum Gasteiger partial charge on any atom is -0.439 e. The quantitative estimate of drug-likeness (QED) is 0.715. The van der Waals surface area contributed by atoms with E-state index in [0.29, 0.717) is 18.1 Å². The monoisotopic (exact) mass is 242 g/mol. The molecule has 92 valence electrons. The maximum Gasteiger partial charge on any atom is 0.215 e. The van der Waals surface area contributed by atoms with Gasteiger partial charge in [-0.1, -0.05) is 6.92 Å². The summed E-state index contributed by atoms with van der Waals surface area (Å²) in [6, 6.07) is 5.47. The highest BCUT2D eigenvalue weighted by atomic mass is 16.3. The average molecular weight is 242 g/mol. The van der Waals surface area contributed by atoms with Gasteiger partial charge in [0.1, 0.15) is 17.9 Å². The van der Waals surface area contributed by atoms with Crippen molar-refractivity contribution >= 4 is 16.8 Å². The number of nitrogens with zero attached hydrogens (tertiary/aromatic N) is 3. The molecule has 0 saturated carbocycles. The van der Waals surface area contributed by atoms with Gasteiger partial charge in [-0.3, -0.25) is 0 Å². The molecular weight excluding hydrogens is 228 g/mol. The van der Waals surface area contributed by atoms with Crippen molar-refractivity contribution in [2.75, 3.05) is 5.73 Å². The van der Waals surface area contributed by atoms with E-state index >= 15 is 0 Å². The molecule has 3 rings (SSSR count). The number of benzene rings is 1. The van der Waals surface area contributed by atoms with Crippen molar-refractivity contribution in [1.29, 1.82) is 0 Å². The lowest BCUT2D eigenvalue weighted by molar-refractivity contribution is 0.503. The van der Waals surface area contributed by atoms with Crippen LogP contribution in [0.15, 0.2) is 35.0 Å². The lowest BCUT2D eigenvalue weighted by Gasteiger charge is -2.01. The van der Waals surface area contributed by atoms with Crippen LogP contribution < -0.4 is 5.73 Å². The summed E-state index contributed by atoms with van der Waals surface area (Å²) < 4.78 is 7.72. The molecule has 0 unspecified atom stereocenters. The Morgan fingerprint density at radius 3 is 3.11 bits per heavy atom. The summed E-state index contributed by atoms with van der Waals surface area (Å²) in [5.74, 6) is 1.69. The highest BCUT2D eigenvalue weighted by Crippen LogP contribution is 2.19. The molecule has 2 aromatic heterocycles. The summed E-state index contributed by atoms with van der Waals surface area (Å²) in [6.45, 7) is 2.67. The first-order chi connectivity index (χ1) is 8.76. The molecule has 1 aromatic carbocycles. The lowest BCUT2D eigenvalue weighted by Crippen LogP contribution is -2.03. The second kappa shape index (κ2) is 4.18. The Kier molecular flexibility index (Phi) is 2.51. The number of fused-ring (bicyclic) bond motifs is 1. The molecular formula is C13H14N4O. The van der Waals surface area contributed by atoms with Gasteiger partial charge >= 0.3 is 0 Å². The zero-order valence-electron chi connectivity index (χ0n) is 10.1. The Morgan fingerprint density at radius 1 is 1.39 bits per heavy atom. The number of rotatable bonds is 3. The maximum atomic E-state index is 5.72. The van der Waals surface area contributed by atoms with Crippen molar-refractivity contribution in [3.8, 4) is 0 Å². The normalized spacial score (nSPS) is 11.2. The van der Waals surface area contributed by atoms with E-state index in [0.717, 1.165) is 23.3 Å². The van der Waals surface area contributed by atoms with Crippen molar-refractivity contribution in [1.82, 2.24) is 14.5 Å². The van der Waals surface area contributed by atoms with E-state index < -0.39 is 0 Å². The first-order valence-corrected chi connectivity index (χ1v) is 5.91. The fraction of sp³-hybridized carbons (Fsp3) is 0.231. The van der Waals surface area contributed by atoms with E-state index in [-0.39, 0.29) is 0 Å². The molecule has 0 fully saturated rings. The number of imidazole rings is 1. The largest absolute Gasteiger partial charge is 0.439 e. The predicted octanol–water partition coefficient (Wildman–Crippen LogP) is 2.22. The number of nitrogens with two attached hydrogens (primary N) is 1. The molecule has 5 nitrogen and oxygen atoms in total. The molecule has 0 bridgehead atoms. The fourth-order valence-electron chi connectivity index (χ4n) is 2.00. The minimum absolute atomic E-state index is 0.595. The van der Waals surface area contributed by atoms with E-state index in [1.807, 2.05) is 29.0 Å². The van der Waals surface area contributed by atoms with Crippen molar-refractivity contribution in [2.45, 2.75) is 19.9 Å². The Hall–Kier alpha value is -2.30. The SMILES string of the molecule is CCc1nccn1Cc1nc2cc(N)ccc2o1. The molecule has 5 heteroatoms. The molecule has 2 heterocycles. The van der Waals surface area contributed by atoms with Crippen LogP contribution in [0.3, 0.4) is 0 Å². The molecule has 0 aliphatic heterocycles. The van der Waals surface area contributed by atoms with E-state index in [9.17, 15) is 0 Å². The molecule has 0 spiro atoms. The summed E-state index contributed by atoms with van der Waals surface area (Å²) in [5, 5.41) is 0. The third kappa shape index (κ3) is 1.84. The van der Waals surface area contributed by atoms with Crippen LogP contribution in [0, 0.1) is 0 Å². The molecule has 0 atom stereocenters. The summed E-state index contributed by atoms with van der Waals surface area (Å²) in [6.07, 6.45) is 4.61. The predicted molar refractivity (Wildman–Crippen MR) is 69.1 cm³/mol. The molecule has 18 heavy (non-hydrogen) atoms. The number of anilines is 1. The zero-order chi connectivity index (χ0) is 12.5. The second-order valence-electron chi connectivity index (χ2n) is 4.16. The van der Waals surface area contributed by atoms with Crippen molar-refractivity contribution in [2.24, 2.45) is 0 Å². The smallest absolute Gasteiger partial charge is 0.215 e. The zero-order valence-corrected chi connectivity index (χ0v) is 10.1. The van der Waals surface area contributed by atoms with E-state index in [2.05, 4.69) is 16.9 Å². The highest BCUT2D eigenvalue weighted by Gasteiger charge is 2.08. The number of aryl methyl sites for hydroxylation is 1. The van der Waals surface area contributed by atoms with Gasteiger partial charge in [-0.2, -0.15) is 0 Å². The number of hydrogen-bond acceptors (Lipinski definition) is 4. The van der Waals surface area contributed by atoms with E-state index in [1.54, 1.807) is 6.20 Å². The van der Waals surface area contributed by atoms with Crippen molar-refractivity contribution in [3.05, 3.63) is 42.3 Å². The van der Waals surface area contributed by atoms with Gasteiger partial charge in [0.2, 0.25) is 5.89 Å². The molecule has 3 aromatic rings. The van der Waals surface area contributed by atoms with E-state index in [1.165, 1.54) is 0 Å². The second-order valence-corrected chi connectivity index (χ2v) is 4.16. The highest BCUT2D eigenvalue weighted by molar-refractivity contribution is 5.76. The summed E-state index contributed by atoms with van der Waals surface area (Å²) in [5.41, 5.74) is 7.97. The van der Waals surface area contributed by atoms with Gasteiger partial charge < -0.3 is 14.7 Å². The minimum atomic E-state index is 0.595. The van der Waals surface area contributed by atoms with Crippen LogP contribution in [0.4, 0.5) is 5.69 Å². The van der Waals surface area contributed by atoms with Gasteiger partial charge in [-0.05, 0) is 18.2 Å². The first kappa shape index (κ1) is 10.8. The number of oxazole rings is 1. The average Bonchev–Trinajstić information content (AvgIpc) is 2.94. The van der Waals surface area contributed by atoms with Crippen molar-refractivity contribution < 1.29 is 4.42 Å². The van der Waals surface area contributed by atoms with Crippen LogP contribution in [0.1, 0.15) is 18.6 Å². The topological polar surface area (TPSA) is 69.9 Å². The van der Waals surface area contributed by atoms with Crippen LogP contribution in [0.2, 0.25) is 0 Å². The van der Waals surface area contributed by atoms with Crippen LogP contribution in [-0.4, -0.2) is 14.5 Å². The molecule has 0 radical (unpaired) electrons. The van der Waals surface area contributed by atoms with Gasteiger partial charge in [0.25, 0.3) is 0 Å². The Morgan fingerprint density at radius 2 is 2.28 bits per heavy atom. The van der Waals surface area contributed by atoms with Crippen LogP contribution in [-0.2, 0) is 13.0 Å². The summed E-state index contributed by atoms with van der Waals surface area (Å²) in [7, 11) is 0. The first-order valence-electron chi connectivity index (χ1n) is 5.91. The molecule has 0 amide bonds. The Balaban J connectivity index is 1.95. The maximum absolute atomic E-state index is 5.72. The summed E-state index contributed by atoms with van der Waals surface area (Å²) in [4.78, 5) is 8.70. The standard InChI is InChI=1S/C13H14N4O/c1-2-12-15-5-6-17(12)8-13-16-10-7-9(14)3-4-11(10)18-13/h3-7H,2,8,14H2,1H3. The van der Waals surface area contributed by atoms with Gasteiger partial charge in [0.15, 0.2) is 5.58 Å². The van der Waals surface area contributed by atoms with Gasteiger partial charge in [-0.15, -0.1) is 0 Å². The third-order valence-corrected chi connectivity index (χ3v) is 2.88. The van der Waals surface area contributed by atoms with Gasteiger partial charge in [0.05, 0.1) is 0 Å². The Labute approximate surface area is 104 Å². The Bertz CT molecular complexity index is 683. The molecule has 2 N–H and O–H groups in total. The van der Waals surface area contributed by atoms with Crippen LogP contribution in [0.5, 0.6) is 0 Å².